The van der Waals surface area contributed by atoms with Gasteiger partial charge in [-0.3, -0.25) is 6.08 Å². The van der Waals surface area contributed by atoms with E-state index in [0.717, 1.165) is 0 Å². The third-order valence-electron chi connectivity index (χ3n) is 4.29. The van der Waals surface area contributed by atoms with Crippen molar-refractivity contribution >= 4 is 17.6 Å². The molecule has 0 aromatic heterocycles. The molecule has 2 aromatic carbocycles. The zero-order valence-electron chi connectivity index (χ0n) is 14.7. The van der Waals surface area contributed by atoms with Crippen molar-refractivity contribution in [3.63, 3.8) is 0 Å². The fourth-order valence-corrected chi connectivity index (χ4v) is 3.42. The number of allylic oxidation sites excluding steroid dienone is 2. The van der Waals surface area contributed by atoms with Gasteiger partial charge in [0.1, 0.15) is 0 Å². The number of benzene rings is 2. The fraction of sp³-hybridized carbons (Fsp3) is 0.238. The van der Waals surface area contributed by atoms with Crippen molar-refractivity contribution in [2.45, 2.75) is 31.9 Å². The summed E-state index contributed by atoms with van der Waals surface area (Å²) in [5.74, 6) is 0.826. The summed E-state index contributed by atoms with van der Waals surface area (Å²) in [6, 6.07) is 17.4. The average molecular weight is 464 g/mol. The van der Waals surface area contributed by atoms with Crippen LogP contribution < -0.4 is 24.8 Å². The Kier molecular flexibility index (Phi) is 9.12. The summed E-state index contributed by atoms with van der Waals surface area (Å²) >= 11 is 1.74. The normalized spacial score (nSPS) is 18.7. The smallest absolute Gasteiger partial charge is 1.00 e. The first kappa shape index (κ1) is 22.6. The van der Waals surface area contributed by atoms with Gasteiger partial charge in [-0.05, 0) is 24.0 Å². The minimum Gasteiger partial charge on any atom is -1.00 e. The molecular weight excluding hydrogens is 442 g/mol. The molecule has 2 atom stereocenters. The van der Waals surface area contributed by atoms with Crippen LogP contribution in [0.4, 0.5) is 0 Å². The Morgan fingerprint density at radius 1 is 0.880 bits per heavy atom. The molecule has 0 aliphatic heterocycles. The van der Waals surface area contributed by atoms with E-state index in [-0.39, 0.29) is 30.2 Å². The van der Waals surface area contributed by atoms with Gasteiger partial charge in [0.05, 0.1) is 0 Å². The standard InChI is InChI=1S/C19H15.C2H6Si.2ClH.Zr/c1-13-12-15-7-3-5-9-17(15)19(13)18-11-10-14-6-2-4-8-16(14)18;1-3-2;;;/h2-10,12,18-19H,1H3;1-2H3;2*1H;/q-1;;;;+2/p-2. The van der Waals surface area contributed by atoms with E-state index >= 15 is 0 Å². The van der Waals surface area contributed by atoms with Crippen molar-refractivity contribution in [1.82, 2.24) is 0 Å². The fourth-order valence-electron chi connectivity index (χ4n) is 3.42. The van der Waals surface area contributed by atoms with Gasteiger partial charge in [-0.25, -0.2) is 6.08 Å². The third-order valence-corrected chi connectivity index (χ3v) is 4.29. The maximum absolute atomic E-state index is 3.57. The van der Waals surface area contributed by atoms with Gasteiger partial charge < -0.3 is 24.8 Å². The van der Waals surface area contributed by atoms with E-state index in [1.807, 2.05) is 0 Å². The molecule has 0 radical (unpaired) electrons. The van der Waals surface area contributed by atoms with Gasteiger partial charge in [-0.1, -0.05) is 60.0 Å². The number of fused-ring (bicyclic) bond motifs is 2. The molecule has 2 aliphatic rings. The SMILES string of the molecule is CC1=Cc2ccccc2C1C1[C-]=Cc2ccccc21.C[Si](C)=[Zr+2].[Cl-].[Cl-]. The topological polar surface area (TPSA) is 0 Å². The zero-order chi connectivity index (χ0) is 16.4. The van der Waals surface area contributed by atoms with Crippen molar-refractivity contribution in [1.29, 1.82) is 0 Å². The van der Waals surface area contributed by atoms with Gasteiger partial charge in [-0.15, -0.1) is 11.6 Å². The number of hydrogen-bond acceptors (Lipinski definition) is 0. The van der Waals surface area contributed by atoms with Gasteiger partial charge in [0.15, 0.2) is 0 Å². The van der Waals surface area contributed by atoms with E-state index in [4.69, 9.17) is 0 Å². The van der Waals surface area contributed by atoms with Crippen LogP contribution in [0.2, 0.25) is 13.1 Å². The maximum atomic E-state index is 3.57. The number of rotatable bonds is 1. The van der Waals surface area contributed by atoms with E-state index in [0.29, 0.717) is 11.8 Å². The monoisotopic (exact) mass is 461 g/mol. The maximum Gasteiger partial charge on any atom is -1.00 e. The van der Waals surface area contributed by atoms with Gasteiger partial charge in [0.2, 0.25) is 0 Å². The second-order valence-electron chi connectivity index (χ2n) is 6.41. The van der Waals surface area contributed by atoms with E-state index in [2.05, 4.69) is 86.8 Å². The number of halogens is 2. The average Bonchev–Trinajstić information content (AvgIpc) is 3.06. The largest absolute Gasteiger partial charge is 1.00 e. The summed E-state index contributed by atoms with van der Waals surface area (Å²) in [5.41, 5.74) is 7.21. The Morgan fingerprint density at radius 2 is 1.40 bits per heavy atom. The van der Waals surface area contributed by atoms with Crippen molar-refractivity contribution in [3.8, 4) is 0 Å². The Bertz CT molecular complexity index is 807. The van der Waals surface area contributed by atoms with Crippen LogP contribution in [0.15, 0.2) is 54.1 Å². The molecule has 0 nitrogen and oxygen atoms in total. The molecule has 4 heteroatoms. The van der Waals surface area contributed by atoms with Crippen LogP contribution in [0, 0.1) is 6.08 Å². The summed E-state index contributed by atoms with van der Waals surface area (Å²) in [4.78, 5) is 0. The molecule has 0 heterocycles. The molecule has 4 rings (SSSR count). The summed E-state index contributed by atoms with van der Waals surface area (Å²) in [6.07, 6.45) is 8.04. The molecule has 0 saturated heterocycles. The zero-order valence-corrected chi connectivity index (χ0v) is 19.7. The van der Waals surface area contributed by atoms with E-state index < -0.39 is 0 Å². The minimum atomic E-state index is 0. The van der Waals surface area contributed by atoms with Crippen LogP contribution in [0.5, 0.6) is 0 Å². The van der Waals surface area contributed by atoms with E-state index in [9.17, 15) is 0 Å². The molecule has 2 aliphatic carbocycles. The van der Waals surface area contributed by atoms with E-state index in [1.54, 1.807) is 23.3 Å². The van der Waals surface area contributed by atoms with Crippen LogP contribution in [-0.4, -0.2) is 5.43 Å². The quantitative estimate of drug-likeness (QED) is 0.399. The van der Waals surface area contributed by atoms with Gasteiger partial charge >= 0.3 is 41.9 Å². The minimum absolute atomic E-state index is 0. The summed E-state index contributed by atoms with van der Waals surface area (Å²) in [7, 11) is 0. The molecule has 2 unspecified atom stereocenters. The van der Waals surface area contributed by atoms with Crippen molar-refractivity contribution in [2.24, 2.45) is 0 Å². The van der Waals surface area contributed by atoms with E-state index in [1.165, 1.54) is 27.8 Å². The Balaban J connectivity index is 0.000000476. The first-order valence-corrected chi connectivity index (χ1v) is 14.2. The van der Waals surface area contributed by atoms with Gasteiger partial charge in [0, 0.05) is 0 Å². The summed E-state index contributed by atoms with van der Waals surface area (Å²) in [6.45, 7) is 6.86. The Labute approximate surface area is 179 Å². The molecule has 0 saturated carbocycles. The number of hydrogen-bond donors (Lipinski definition) is 0. The van der Waals surface area contributed by atoms with Crippen LogP contribution in [0.3, 0.4) is 0 Å². The first-order valence-electron chi connectivity index (χ1n) is 8.05. The molecule has 128 valence electrons. The molecule has 25 heavy (non-hydrogen) atoms. The second kappa shape index (κ2) is 10.1. The van der Waals surface area contributed by atoms with Crippen LogP contribution in [0.1, 0.15) is 41.0 Å². The van der Waals surface area contributed by atoms with Crippen molar-refractivity contribution in [2.75, 3.05) is 0 Å². The van der Waals surface area contributed by atoms with Crippen LogP contribution in [0.25, 0.3) is 12.2 Å². The predicted molar refractivity (Wildman–Crippen MR) is 97.2 cm³/mol. The van der Waals surface area contributed by atoms with Gasteiger partial charge in [0.25, 0.3) is 0 Å². The van der Waals surface area contributed by atoms with Crippen molar-refractivity contribution < 1.29 is 48.1 Å². The molecule has 0 spiro atoms. The van der Waals surface area contributed by atoms with Crippen molar-refractivity contribution in [3.05, 3.63) is 82.4 Å². The molecule has 0 amide bonds. The summed E-state index contributed by atoms with van der Waals surface area (Å²) < 4.78 is 0. The Morgan fingerprint density at radius 3 is 2.04 bits per heavy atom. The third kappa shape index (κ3) is 5.07. The second-order valence-corrected chi connectivity index (χ2v) is 15.8. The first-order chi connectivity index (χ1) is 11.1. The predicted octanol–water partition coefficient (Wildman–Crippen LogP) is -0.407. The Hall–Kier alpha value is -0.400. The molecule has 0 fully saturated rings. The molecule has 0 N–H and O–H groups in total. The van der Waals surface area contributed by atoms with Crippen LogP contribution in [-0.2, 0) is 23.3 Å². The van der Waals surface area contributed by atoms with Crippen LogP contribution >= 0.6 is 0 Å². The molecule has 2 aromatic rings. The molecule has 0 bridgehead atoms. The van der Waals surface area contributed by atoms with Gasteiger partial charge in [-0.2, -0.15) is 5.56 Å². The summed E-state index contributed by atoms with van der Waals surface area (Å²) in [5, 5.41) is 0. The molecular formula is C21H21Cl2SiZr-.